The van der Waals surface area contributed by atoms with E-state index in [1.165, 1.54) is 0 Å². The number of hydrogen-bond donors (Lipinski definition) is 0. The first kappa shape index (κ1) is 15.4. The predicted molar refractivity (Wildman–Crippen MR) is 88.8 cm³/mol. The van der Waals surface area contributed by atoms with Crippen LogP contribution >= 0.6 is 0 Å². The Balaban J connectivity index is 1.64. The average molecular weight is 326 g/mol. The quantitative estimate of drug-likeness (QED) is 0.867. The third-order valence-corrected chi connectivity index (χ3v) is 4.75. The number of amides is 1. The first-order valence-electron chi connectivity index (χ1n) is 8.58. The Hall–Kier alpha value is -2.14. The predicted octanol–water partition coefficient (Wildman–Crippen LogP) is 3.46. The highest BCUT2D eigenvalue weighted by atomic mass is 16.5. The van der Waals surface area contributed by atoms with Crippen molar-refractivity contribution < 1.29 is 13.9 Å². The maximum Gasteiger partial charge on any atom is 0.292 e. The summed E-state index contributed by atoms with van der Waals surface area (Å²) in [7, 11) is 0. The molecule has 0 spiro atoms. The van der Waals surface area contributed by atoms with Crippen LogP contribution in [0.25, 0.3) is 0 Å². The van der Waals surface area contributed by atoms with Crippen molar-refractivity contribution in [3.63, 3.8) is 0 Å². The van der Waals surface area contributed by atoms with E-state index in [9.17, 15) is 4.79 Å². The molecule has 2 heterocycles. The van der Waals surface area contributed by atoms with Crippen molar-refractivity contribution in [2.24, 2.45) is 0 Å². The van der Waals surface area contributed by atoms with Crippen LogP contribution in [0.5, 0.6) is 0 Å². The fraction of sp³-hybridized carbons (Fsp3) is 0.474. The molecule has 2 atom stereocenters. The molecule has 24 heavy (non-hydrogen) atoms. The molecule has 1 aliphatic carbocycles. The van der Waals surface area contributed by atoms with Crippen LogP contribution < -0.4 is 0 Å². The number of oxazole rings is 1. The summed E-state index contributed by atoms with van der Waals surface area (Å²) in [6.45, 7) is 4.89. The number of hydrogen-bond acceptors (Lipinski definition) is 4. The van der Waals surface area contributed by atoms with Gasteiger partial charge >= 0.3 is 0 Å². The molecule has 2 fully saturated rings. The molecule has 0 radical (unpaired) electrons. The number of carbonyl (C=O) groups is 1. The van der Waals surface area contributed by atoms with Gasteiger partial charge in [0, 0.05) is 12.5 Å². The zero-order valence-corrected chi connectivity index (χ0v) is 14.1. The maximum absolute atomic E-state index is 13.1. The van der Waals surface area contributed by atoms with E-state index in [0.717, 1.165) is 18.4 Å². The summed E-state index contributed by atoms with van der Waals surface area (Å²) < 4.78 is 11.6. The van der Waals surface area contributed by atoms with Gasteiger partial charge in [0.1, 0.15) is 0 Å². The van der Waals surface area contributed by atoms with Gasteiger partial charge in [0.15, 0.2) is 5.89 Å². The largest absolute Gasteiger partial charge is 0.435 e. The minimum Gasteiger partial charge on any atom is -0.435 e. The summed E-state index contributed by atoms with van der Waals surface area (Å²) in [5.41, 5.74) is 1.77. The van der Waals surface area contributed by atoms with Gasteiger partial charge in [-0.3, -0.25) is 4.79 Å². The lowest BCUT2D eigenvalue weighted by molar-refractivity contribution is -0.0457. The summed E-state index contributed by atoms with van der Waals surface area (Å²) in [4.78, 5) is 19.5. The molecule has 0 unspecified atom stereocenters. The molecule has 5 nitrogen and oxygen atoms in total. The van der Waals surface area contributed by atoms with Crippen molar-refractivity contribution >= 4 is 5.91 Å². The number of morpholine rings is 1. The Morgan fingerprint density at radius 3 is 2.71 bits per heavy atom. The number of nitrogens with zero attached hydrogens (tertiary/aromatic N) is 2. The first-order chi connectivity index (χ1) is 11.6. The lowest BCUT2D eigenvalue weighted by Crippen LogP contribution is -2.46. The molecule has 5 heteroatoms. The SMILES string of the molecule is Cc1nc(C2CC2)oc1C(=O)N1C[C@H](C)OC[C@H]1c1ccccc1. The molecular weight excluding hydrogens is 304 g/mol. The summed E-state index contributed by atoms with van der Waals surface area (Å²) >= 11 is 0. The fourth-order valence-electron chi connectivity index (χ4n) is 3.23. The Morgan fingerprint density at radius 2 is 2.00 bits per heavy atom. The summed E-state index contributed by atoms with van der Waals surface area (Å²) in [5, 5.41) is 0. The van der Waals surface area contributed by atoms with Crippen LogP contribution in [0.15, 0.2) is 34.7 Å². The van der Waals surface area contributed by atoms with E-state index in [-0.39, 0.29) is 18.1 Å². The highest BCUT2D eigenvalue weighted by Crippen LogP contribution is 2.40. The number of carbonyl (C=O) groups excluding carboxylic acids is 1. The lowest BCUT2D eigenvalue weighted by Gasteiger charge is -2.38. The standard InChI is InChI=1S/C19H22N2O3/c1-12-10-21(16(11-23-12)14-6-4-3-5-7-14)19(22)17-13(2)20-18(24-17)15-8-9-15/h3-7,12,15-16H,8-11H2,1-2H3/t12-,16-/m0/s1. The van der Waals surface area contributed by atoms with E-state index in [2.05, 4.69) is 4.98 Å². The molecule has 1 amide bonds. The third kappa shape index (κ3) is 2.84. The van der Waals surface area contributed by atoms with E-state index < -0.39 is 0 Å². The minimum atomic E-state index is -0.0937. The molecule has 1 aliphatic heterocycles. The van der Waals surface area contributed by atoms with E-state index in [0.29, 0.717) is 36.4 Å². The van der Waals surface area contributed by atoms with Crippen LogP contribution in [-0.2, 0) is 4.74 Å². The molecule has 4 rings (SSSR count). The average Bonchev–Trinajstić information content (AvgIpc) is 3.37. The number of aryl methyl sites for hydroxylation is 1. The van der Waals surface area contributed by atoms with E-state index in [1.54, 1.807) is 0 Å². The molecule has 126 valence electrons. The van der Waals surface area contributed by atoms with Gasteiger partial charge < -0.3 is 14.1 Å². The van der Waals surface area contributed by atoms with E-state index >= 15 is 0 Å². The number of ether oxygens (including phenoxy) is 1. The Kier molecular flexibility index (Phi) is 3.88. The number of rotatable bonds is 3. The summed E-state index contributed by atoms with van der Waals surface area (Å²) in [6.07, 6.45) is 2.23. The molecular formula is C19H22N2O3. The van der Waals surface area contributed by atoms with E-state index in [4.69, 9.17) is 9.15 Å². The smallest absolute Gasteiger partial charge is 0.292 e. The number of benzene rings is 1. The first-order valence-corrected chi connectivity index (χ1v) is 8.58. The lowest BCUT2D eigenvalue weighted by atomic mass is 10.0. The molecule has 0 N–H and O–H groups in total. The molecule has 2 aliphatic rings. The molecule has 1 aromatic carbocycles. The zero-order valence-electron chi connectivity index (χ0n) is 14.1. The van der Waals surface area contributed by atoms with Gasteiger partial charge in [0.2, 0.25) is 5.76 Å². The van der Waals surface area contributed by atoms with Gasteiger partial charge in [0.25, 0.3) is 5.91 Å². The van der Waals surface area contributed by atoms with Crippen molar-refractivity contribution in [3.05, 3.63) is 53.2 Å². The van der Waals surface area contributed by atoms with Gasteiger partial charge in [-0.25, -0.2) is 4.98 Å². The molecule has 0 bridgehead atoms. The Labute approximate surface area is 141 Å². The Morgan fingerprint density at radius 1 is 1.25 bits per heavy atom. The van der Waals surface area contributed by atoms with Crippen LogP contribution in [0.2, 0.25) is 0 Å². The van der Waals surface area contributed by atoms with Gasteiger partial charge in [-0.1, -0.05) is 30.3 Å². The van der Waals surface area contributed by atoms with Crippen molar-refractivity contribution in [1.29, 1.82) is 0 Å². The van der Waals surface area contributed by atoms with Crippen LogP contribution in [0, 0.1) is 6.92 Å². The maximum atomic E-state index is 13.1. The monoisotopic (exact) mass is 326 g/mol. The van der Waals surface area contributed by atoms with Crippen LogP contribution in [-0.4, -0.2) is 35.0 Å². The van der Waals surface area contributed by atoms with Crippen LogP contribution in [0.4, 0.5) is 0 Å². The van der Waals surface area contributed by atoms with Gasteiger partial charge in [-0.15, -0.1) is 0 Å². The van der Waals surface area contributed by atoms with Gasteiger partial charge in [0.05, 0.1) is 24.4 Å². The highest BCUT2D eigenvalue weighted by molar-refractivity contribution is 5.93. The second-order valence-electron chi connectivity index (χ2n) is 6.77. The second-order valence-corrected chi connectivity index (χ2v) is 6.77. The molecule has 1 saturated carbocycles. The molecule has 1 aromatic heterocycles. The highest BCUT2D eigenvalue weighted by Gasteiger charge is 2.36. The van der Waals surface area contributed by atoms with Crippen molar-refractivity contribution in [3.8, 4) is 0 Å². The number of aromatic nitrogens is 1. The van der Waals surface area contributed by atoms with Crippen molar-refractivity contribution in [2.75, 3.05) is 13.2 Å². The van der Waals surface area contributed by atoms with E-state index in [1.807, 2.05) is 49.1 Å². The third-order valence-electron chi connectivity index (χ3n) is 4.75. The molecule has 1 saturated heterocycles. The second kappa shape index (κ2) is 6.06. The minimum absolute atomic E-state index is 0.0139. The normalized spacial score (nSPS) is 24.2. The Bertz CT molecular complexity index is 736. The topological polar surface area (TPSA) is 55.6 Å². The summed E-state index contributed by atoms with van der Waals surface area (Å²) in [5.74, 6) is 1.41. The van der Waals surface area contributed by atoms with Gasteiger partial charge in [-0.2, -0.15) is 0 Å². The van der Waals surface area contributed by atoms with Crippen LogP contribution in [0.3, 0.4) is 0 Å². The zero-order chi connectivity index (χ0) is 16.7. The van der Waals surface area contributed by atoms with Crippen LogP contribution in [0.1, 0.15) is 59.4 Å². The summed E-state index contributed by atoms with van der Waals surface area (Å²) in [6, 6.07) is 9.93. The fourth-order valence-corrected chi connectivity index (χ4v) is 3.23. The van der Waals surface area contributed by atoms with Gasteiger partial charge in [-0.05, 0) is 32.3 Å². The van der Waals surface area contributed by atoms with Crippen molar-refractivity contribution in [2.45, 2.75) is 44.8 Å². The van der Waals surface area contributed by atoms with Crippen molar-refractivity contribution in [1.82, 2.24) is 9.88 Å². The molecule has 2 aromatic rings.